The van der Waals surface area contributed by atoms with Gasteiger partial charge in [-0.3, -0.25) is 14.1 Å². The number of thiazole rings is 1. The fourth-order valence-corrected chi connectivity index (χ4v) is 6.30. The SMILES string of the molecule is CC(C)(C)OC(=O)N1CC(Nc2ccc3cc(OCC(O/N=C(\C(=O)N[C@@H]4C(=O)N(OS(=O)(=O)O)C4(C)C)c4csc(N)n4)c4nn[nH]n4)ccc3n2)C1. The molecule has 5 heterocycles. The molecule has 2 atom stereocenters. The first kappa shape index (κ1) is 38.0. The number of likely N-dealkylation sites (tertiary alicyclic amines) is 1. The van der Waals surface area contributed by atoms with Crippen LogP contribution in [0.2, 0.25) is 0 Å². The van der Waals surface area contributed by atoms with Gasteiger partial charge in [0.2, 0.25) is 11.9 Å². The number of fused-ring (bicyclic) bond motifs is 1. The quantitative estimate of drug-likeness (QED) is 0.0550. The average Bonchev–Trinajstić information content (AvgIpc) is 3.76. The maximum Gasteiger partial charge on any atom is 0.418 e. The number of aromatic amines is 1. The van der Waals surface area contributed by atoms with Gasteiger partial charge < -0.3 is 35.6 Å². The summed E-state index contributed by atoms with van der Waals surface area (Å²) in [5.41, 5.74) is 4.13. The van der Waals surface area contributed by atoms with Gasteiger partial charge in [-0.2, -0.15) is 18.7 Å². The lowest BCUT2D eigenvalue weighted by atomic mass is 9.84. The predicted octanol–water partition coefficient (Wildman–Crippen LogP) is 1.20. The molecule has 54 heavy (non-hydrogen) atoms. The van der Waals surface area contributed by atoms with E-state index in [1.807, 2.05) is 32.9 Å². The van der Waals surface area contributed by atoms with Gasteiger partial charge in [-0.05, 0) is 65.0 Å². The van der Waals surface area contributed by atoms with Crippen LogP contribution >= 0.6 is 11.3 Å². The van der Waals surface area contributed by atoms with E-state index in [0.717, 1.165) is 16.7 Å². The van der Waals surface area contributed by atoms with Gasteiger partial charge in [-0.25, -0.2) is 14.8 Å². The third-order valence-electron chi connectivity index (χ3n) is 7.97. The van der Waals surface area contributed by atoms with Crippen LogP contribution in [0, 0.1) is 0 Å². The van der Waals surface area contributed by atoms with E-state index in [9.17, 15) is 22.8 Å². The molecule has 1 unspecified atom stereocenters. The van der Waals surface area contributed by atoms with Gasteiger partial charge in [0.15, 0.2) is 10.8 Å². The molecule has 0 spiro atoms. The number of H-pyrrole nitrogens is 1. The monoisotopic (exact) mass is 788 g/mol. The number of nitrogen functional groups attached to an aromatic ring is 1. The summed E-state index contributed by atoms with van der Waals surface area (Å²) in [6.45, 7) is 9.04. The smallest absolute Gasteiger partial charge is 0.418 e. The Labute approximate surface area is 311 Å². The number of β-lactam (4-membered cyclic amide) rings is 1. The van der Waals surface area contributed by atoms with E-state index >= 15 is 0 Å². The molecule has 2 aliphatic rings. The van der Waals surface area contributed by atoms with Crippen molar-refractivity contribution >= 4 is 67.2 Å². The highest BCUT2D eigenvalue weighted by atomic mass is 32.3. The molecule has 24 heteroatoms. The van der Waals surface area contributed by atoms with Crippen LogP contribution in [0.3, 0.4) is 0 Å². The molecular weight excluding hydrogens is 753 g/mol. The number of nitrogens with one attached hydrogen (secondary N) is 3. The zero-order valence-electron chi connectivity index (χ0n) is 29.4. The number of aromatic nitrogens is 6. The van der Waals surface area contributed by atoms with Crippen LogP contribution in [0.4, 0.5) is 15.7 Å². The van der Waals surface area contributed by atoms with Gasteiger partial charge in [-0.1, -0.05) is 10.4 Å². The normalized spacial score (nSPS) is 18.1. The molecule has 6 N–H and O–H groups in total. The molecule has 3 amide bonds. The Bertz CT molecular complexity index is 2180. The summed E-state index contributed by atoms with van der Waals surface area (Å²) >= 11 is 1.01. The average molecular weight is 789 g/mol. The van der Waals surface area contributed by atoms with Crippen LogP contribution in [0.15, 0.2) is 40.9 Å². The number of oxime groups is 1. The van der Waals surface area contributed by atoms with Crippen molar-refractivity contribution in [3.63, 3.8) is 0 Å². The van der Waals surface area contributed by atoms with Crippen LogP contribution < -0.4 is 21.1 Å². The van der Waals surface area contributed by atoms with E-state index in [1.54, 1.807) is 23.1 Å². The fourth-order valence-electron chi connectivity index (χ4n) is 5.29. The second-order valence-corrected chi connectivity index (χ2v) is 15.6. The van der Waals surface area contributed by atoms with Crippen molar-refractivity contribution in [3.05, 3.63) is 47.2 Å². The molecule has 2 saturated heterocycles. The molecule has 0 radical (unpaired) electrons. The Hall–Kier alpha value is -5.72. The lowest BCUT2D eigenvalue weighted by Gasteiger charge is -2.50. The highest BCUT2D eigenvalue weighted by Gasteiger charge is 2.58. The zero-order chi connectivity index (χ0) is 39.0. The number of rotatable bonds is 13. The second kappa shape index (κ2) is 14.6. The summed E-state index contributed by atoms with van der Waals surface area (Å²) in [4.78, 5) is 54.5. The molecule has 288 valence electrons. The summed E-state index contributed by atoms with van der Waals surface area (Å²) in [7, 11) is -5.01. The lowest BCUT2D eigenvalue weighted by molar-refractivity contribution is -0.218. The number of pyridine rings is 1. The first-order valence-electron chi connectivity index (χ1n) is 16.1. The summed E-state index contributed by atoms with van der Waals surface area (Å²) in [5, 5.41) is 26.3. The second-order valence-electron chi connectivity index (χ2n) is 13.7. The highest BCUT2D eigenvalue weighted by molar-refractivity contribution is 7.80. The number of hydrogen-bond acceptors (Lipinski definition) is 18. The van der Waals surface area contributed by atoms with E-state index in [4.69, 9.17) is 24.6 Å². The number of anilines is 2. The Morgan fingerprint density at radius 3 is 2.59 bits per heavy atom. The minimum atomic E-state index is -5.01. The van der Waals surface area contributed by atoms with Crippen LogP contribution in [0.1, 0.15) is 52.2 Å². The minimum Gasteiger partial charge on any atom is -0.489 e. The molecule has 0 saturated carbocycles. The standard InChI is InChI=1S/C30H36N12O10S2/c1-29(2,3)50-28(45)41-11-16(12-41)32-21-9-6-15-10-17(7-8-18(15)33-21)49-13-20(24-36-39-40-37-24)51-38-22(19-14-53-27(31)34-19)25(43)35-23-26(44)42(30(23,4)5)52-54(46,47)48/h6-10,14,16,20,23H,11-13H2,1-5H3,(H2,31,34)(H,32,33)(H,35,43)(H,46,47,48)(H,36,37,39,40)/b38-22-/t20?,23-/m1/s1. The Balaban J connectivity index is 1.11. The van der Waals surface area contributed by atoms with Gasteiger partial charge in [0.1, 0.15) is 35.5 Å². The van der Waals surface area contributed by atoms with Crippen LogP contribution in [-0.2, 0) is 33.8 Å². The number of carbonyl (C=O) groups is 3. The van der Waals surface area contributed by atoms with Crippen LogP contribution in [0.5, 0.6) is 5.75 Å². The fraction of sp³-hybridized carbons (Fsp3) is 0.433. The molecule has 0 bridgehead atoms. The summed E-state index contributed by atoms with van der Waals surface area (Å²) in [6, 6.07) is 7.66. The Morgan fingerprint density at radius 1 is 1.20 bits per heavy atom. The Kier molecular flexibility index (Phi) is 10.3. The molecule has 6 rings (SSSR count). The maximum atomic E-state index is 13.5. The highest BCUT2D eigenvalue weighted by Crippen LogP contribution is 2.33. The predicted molar refractivity (Wildman–Crippen MR) is 189 cm³/mol. The largest absolute Gasteiger partial charge is 0.489 e. The van der Waals surface area contributed by atoms with E-state index in [0.29, 0.717) is 35.2 Å². The number of hydrogen-bond donors (Lipinski definition) is 5. The molecule has 3 aromatic heterocycles. The molecule has 2 aliphatic heterocycles. The van der Waals surface area contributed by atoms with Crippen LogP contribution in [-0.4, -0.2) is 120 Å². The first-order valence-corrected chi connectivity index (χ1v) is 18.4. The van der Waals surface area contributed by atoms with Gasteiger partial charge in [0.25, 0.3) is 11.8 Å². The summed E-state index contributed by atoms with van der Waals surface area (Å²) in [5.74, 6) is -0.774. The van der Waals surface area contributed by atoms with E-state index in [-0.39, 0.29) is 35.4 Å². The minimum absolute atomic E-state index is 0.00645. The van der Waals surface area contributed by atoms with Crippen molar-refractivity contribution in [2.24, 2.45) is 5.16 Å². The van der Waals surface area contributed by atoms with Gasteiger partial charge >= 0.3 is 16.5 Å². The van der Waals surface area contributed by atoms with Crippen LogP contribution in [0.25, 0.3) is 10.9 Å². The number of ether oxygens (including phenoxy) is 2. The van der Waals surface area contributed by atoms with E-state index < -0.39 is 51.2 Å². The van der Waals surface area contributed by atoms with Crippen molar-refractivity contribution in [2.75, 3.05) is 30.7 Å². The summed E-state index contributed by atoms with van der Waals surface area (Å²) < 4.78 is 47.2. The molecule has 22 nitrogen and oxygen atoms in total. The number of hydroxylamine groups is 2. The molecule has 1 aromatic carbocycles. The van der Waals surface area contributed by atoms with Gasteiger partial charge in [0.05, 0.1) is 17.1 Å². The van der Waals surface area contributed by atoms with Gasteiger partial charge in [-0.15, -0.1) is 25.8 Å². The molecule has 2 fully saturated rings. The molecular formula is C30H36N12O10S2. The van der Waals surface area contributed by atoms with Crippen molar-refractivity contribution < 1.29 is 45.9 Å². The number of nitrogens with two attached hydrogens (primary N) is 1. The van der Waals surface area contributed by atoms with Crippen molar-refractivity contribution in [2.45, 2.75) is 63.9 Å². The molecule has 4 aromatic rings. The maximum absolute atomic E-state index is 13.5. The third kappa shape index (κ3) is 8.73. The zero-order valence-corrected chi connectivity index (χ0v) is 31.0. The topological polar surface area (TPSA) is 292 Å². The first-order chi connectivity index (χ1) is 25.4. The number of amides is 3. The summed E-state index contributed by atoms with van der Waals surface area (Å²) in [6.07, 6.45) is -1.48. The number of benzene rings is 1. The van der Waals surface area contributed by atoms with E-state index in [2.05, 4.69) is 50.7 Å². The van der Waals surface area contributed by atoms with Crippen molar-refractivity contribution in [1.82, 2.24) is 45.9 Å². The van der Waals surface area contributed by atoms with Crippen molar-refractivity contribution in [3.8, 4) is 5.75 Å². The number of tetrazole rings is 1. The number of nitrogens with zero attached hydrogens (tertiary/aromatic N) is 8. The lowest BCUT2D eigenvalue weighted by Crippen LogP contribution is -2.76. The number of carbonyl (C=O) groups excluding carboxylic acids is 3. The third-order valence-corrected chi connectivity index (χ3v) is 8.98. The Morgan fingerprint density at radius 2 is 1.96 bits per heavy atom. The molecule has 0 aliphatic carbocycles. The van der Waals surface area contributed by atoms with E-state index in [1.165, 1.54) is 19.2 Å². The van der Waals surface area contributed by atoms with Gasteiger partial charge in [0, 0.05) is 23.9 Å². The van der Waals surface area contributed by atoms with Crippen molar-refractivity contribution in [1.29, 1.82) is 0 Å².